The van der Waals surface area contributed by atoms with Crippen molar-refractivity contribution in [2.75, 3.05) is 0 Å². The minimum atomic E-state index is -0.502. The molecule has 0 saturated heterocycles. The first kappa shape index (κ1) is 13.2. The fourth-order valence-corrected chi connectivity index (χ4v) is 2.70. The summed E-state index contributed by atoms with van der Waals surface area (Å²) in [7, 11) is 0. The lowest BCUT2D eigenvalue weighted by Gasteiger charge is -2.15. The molecule has 2 rings (SSSR count). The predicted octanol–water partition coefficient (Wildman–Crippen LogP) is 4.19. The first-order chi connectivity index (χ1) is 8.58. The third kappa shape index (κ3) is 2.94. The molecule has 1 aromatic heterocycles. The molecule has 1 atom stereocenters. The van der Waals surface area contributed by atoms with Gasteiger partial charge in [0.2, 0.25) is 0 Å². The zero-order chi connectivity index (χ0) is 13.1. The number of thiophene rings is 1. The van der Waals surface area contributed by atoms with Crippen molar-refractivity contribution in [1.82, 2.24) is 5.32 Å². The average Bonchev–Trinajstić information content (AvgIpc) is 2.72. The molecule has 0 saturated carbocycles. The number of benzene rings is 1. The molecular weight excluding hydrogens is 252 g/mol. The van der Waals surface area contributed by atoms with Crippen LogP contribution in [0.15, 0.2) is 30.3 Å². The predicted molar refractivity (Wildman–Crippen MR) is 70.7 cm³/mol. The Bertz CT molecular complexity index is 516. The second-order valence-corrected chi connectivity index (χ2v) is 5.62. The van der Waals surface area contributed by atoms with E-state index in [0.717, 1.165) is 4.88 Å². The Balaban J connectivity index is 2.06. The number of rotatable bonds is 4. The first-order valence-electron chi connectivity index (χ1n) is 5.80. The maximum absolute atomic E-state index is 13.6. The van der Waals surface area contributed by atoms with E-state index < -0.39 is 11.6 Å². The molecule has 0 aliphatic rings. The highest BCUT2D eigenvalue weighted by molar-refractivity contribution is 7.11. The second kappa shape index (κ2) is 5.59. The van der Waals surface area contributed by atoms with Crippen LogP contribution < -0.4 is 5.32 Å². The van der Waals surface area contributed by atoms with Gasteiger partial charge in [-0.2, -0.15) is 0 Å². The highest BCUT2D eigenvalue weighted by atomic mass is 32.1. The molecule has 1 aromatic carbocycles. The van der Waals surface area contributed by atoms with Gasteiger partial charge >= 0.3 is 0 Å². The van der Waals surface area contributed by atoms with Crippen molar-refractivity contribution in [3.63, 3.8) is 0 Å². The van der Waals surface area contributed by atoms with Crippen LogP contribution in [-0.2, 0) is 6.54 Å². The van der Waals surface area contributed by atoms with Gasteiger partial charge in [-0.15, -0.1) is 11.3 Å². The van der Waals surface area contributed by atoms with Gasteiger partial charge in [-0.1, -0.05) is 6.07 Å². The van der Waals surface area contributed by atoms with E-state index in [-0.39, 0.29) is 11.6 Å². The molecule has 2 aromatic rings. The van der Waals surface area contributed by atoms with Gasteiger partial charge in [0, 0.05) is 27.9 Å². The molecule has 1 nitrogen and oxygen atoms in total. The van der Waals surface area contributed by atoms with Crippen molar-refractivity contribution < 1.29 is 8.78 Å². The number of nitrogens with one attached hydrogen (secondary N) is 1. The topological polar surface area (TPSA) is 12.0 Å². The Labute approximate surface area is 109 Å². The van der Waals surface area contributed by atoms with Crippen molar-refractivity contribution in [3.05, 3.63) is 57.3 Å². The third-order valence-electron chi connectivity index (χ3n) is 2.81. The van der Waals surface area contributed by atoms with Crippen LogP contribution in [0.5, 0.6) is 0 Å². The summed E-state index contributed by atoms with van der Waals surface area (Å²) in [5.74, 6) is -1.00. The third-order valence-corrected chi connectivity index (χ3v) is 3.81. The highest BCUT2D eigenvalue weighted by Crippen LogP contribution is 2.21. The summed E-state index contributed by atoms with van der Waals surface area (Å²) >= 11 is 1.68. The maximum atomic E-state index is 13.6. The monoisotopic (exact) mass is 267 g/mol. The number of aryl methyl sites for hydroxylation is 1. The summed E-state index contributed by atoms with van der Waals surface area (Å²) in [6, 6.07) is 7.66. The van der Waals surface area contributed by atoms with Gasteiger partial charge in [-0.3, -0.25) is 0 Å². The van der Waals surface area contributed by atoms with Crippen LogP contribution in [-0.4, -0.2) is 0 Å². The minimum Gasteiger partial charge on any atom is -0.305 e. The molecule has 0 aliphatic carbocycles. The van der Waals surface area contributed by atoms with Gasteiger partial charge in [0.15, 0.2) is 0 Å². The molecule has 4 heteroatoms. The van der Waals surface area contributed by atoms with Crippen LogP contribution in [0.25, 0.3) is 0 Å². The molecule has 1 heterocycles. The fourth-order valence-electron chi connectivity index (χ4n) is 1.86. The Morgan fingerprint density at radius 3 is 2.39 bits per heavy atom. The van der Waals surface area contributed by atoms with E-state index in [1.807, 2.05) is 19.1 Å². The zero-order valence-electron chi connectivity index (χ0n) is 10.3. The van der Waals surface area contributed by atoms with Gasteiger partial charge in [-0.05, 0) is 38.1 Å². The number of hydrogen-bond donors (Lipinski definition) is 1. The standard InChI is InChI=1S/C14H15F2NS/c1-9-6-7-11(18-9)8-17-10(2)14-12(15)4-3-5-13(14)16/h3-7,10,17H,8H2,1-2H3. The van der Waals surface area contributed by atoms with E-state index in [9.17, 15) is 8.78 Å². The molecule has 0 spiro atoms. The summed E-state index contributed by atoms with van der Waals surface area (Å²) in [5, 5.41) is 3.14. The van der Waals surface area contributed by atoms with E-state index in [1.54, 1.807) is 18.3 Å². The Hall–Kier alpha value is -1.26. The maximum Gasteiger partial charge on any atom is 0.130 e. The average molecular weight is 267 g/mol. The Kier molecular flexibility index (Phi) is 4.09. The number of halogens is 2. The zero-order valence-corrected chi connectivity index (χ0v) is 11.2. The largest absolute Gasteiger partial charge is 0.305 e. The van der Waals surface area contributed by atoms with Gasteiger partial charge in [-0.25, -0.2) is 8.78 Å². The Morgan fingerprint density at radius 2 is 1.83 bits per heavy atom. The minimum absolute atomic E-state index is 0.103. The molecule has 0 fully saturated rings. The van der Waals surface area contributed by atoms with E-state index in [4.69, 9.17) is 0 Å². The second-order valence-electron chi connectivity index (χ2n) is 4.25. The van der Waals surface area contributed by atoms with Crippen LogP contribution in [0.1, 0.15) is 28.3 Å². The fraction of sp³-hybridized carbons (Fsp3) is 0.286. The lowest BCUT2D eigenvalue weighted by atomic mass is 10.1. The van der Waals surface area contributed by atoms with Crippen molar-refractivity contribution in [2.45, 2.75) is 26.4 Å². The Morgan fingerprint density at radius 1 is 1.17 bits per heavy atom. The van der Waals surface area contributed by atoms with Gasteiger partial charge in [0.05, 0.1) is 0 Å². The van der Waals surface area contributed by atoms with Crippen molar-refractivity contribution >= 4 is 11.3 Å². The van der Waals surface area contributed by atoms with Crippen molar-refractivity contribution in [1.29, 1.82) is 0 Å². The van der Waals surface area contributed by atoms with E-state index in [0.29, 0.717) is 6.54 Å². The normalized spacial score (nSPS) is 12.7. The molecule has 1 N–H and O–H groups in total. The van der Waals surface area contributed by atoms with Crippen LogP contribution in [0.3, 0.4) is 0 Å². The van der Waals surface area contributed by atoms with Crippen LogP contribution in [0, 0.1) is 18.6 Å². The summed E-state index contributed by atoms with van der Waals surface area (Å²) in [6.45, 7) is 4.42. The van der Waals surface area contributed by atoms with Gasteiger partial charge in [0.1, 0.15) is 11.6 Å². The lowest BCUT2D eigenvalue weighted by Crippen LogP contribution is -2.19. The summed E-state index contributed by atoms with van der Waals surface area (Å²) < 4.78 is 27.1. The molecule has 0 radical (unpaired) electrons. The van der Waals surface area contributed by atoms with Crippen molar-refractivity contribution in [2.24, 2.45) is 0 Å². The van der Waals surface area contributed by atoms with E-state index >= 15 is 0 Å². The molecule has 0 aliphatic heterocycles. The molecule has 0 bridgehead atoms. The number of hydrogen-bond acceptors (Lipinski definition) is 2. The van der Waals surface area contributed by atoms with E-state index in [2.05, 4.69) is 5.32 Å². The van der Waals surface area contributed by atoms with Gasteiger partial charge in [0.25, 0.3) is 0 Å². The highest BCUT2D eigenvalue weighted by Gasteiger charge is 2.15. The van der Waals surface area contributed by atoms with Crippen molar-refractivity contribution in [3.8, 4) is 0 Å². The summed E-state index contributed by atoms with van der Waals surface area (Å²) in [6.07, 6.45) is 0. The molecular formula is C14H15F2NS. The molecule has 96 valence electrons. The first-order valence-corrected chi connectivity index (χ1v) is 6.62. The SMILES string of the molecule is Cc1ccc(CNC(C)c2c(F)cccc2F)s1. The molecule has 0 amide bonds. The summed E-state index contributed by atoms with van der Waals surface area (Å²) in [5.41, 5.74) is 0.103. The lowest BCUT2D eigenvalue weighted by molar-refractivity contribution is 0.489. The molecule has 1 unspecified atom stereocenters. The quantitative estimate of drug-likeness (QED) is 0.876. The van der Waals surface area contributed by atoms with Gasteiger partial charge < -0.3 is 5.32 Å². The van der Waals surface area contributed by atoms with Crippen LogP contribution in [0.2, 0.25) is 0 Å². The van der Waals surface area contributed by atoms with Crippen LogP contribution >= 0.6 is 11.3 Å². The smallest absolute Gasteiger partial charge is 0.130 e. The molecule has 18 heavy (non-hydrogen) atoms. The van der Waals surface area contributed by atoms with E-state index in [1.165, 1.54) is 23.1 Å². The van der Waals surface area contributed by atoms with Crippen LogP contribution in [0.4, 0.5) is 8.78 Å². The summed E-state index contributed by atoms with van der Waals surface area (Å²) in [4.78, 5) is 2.40.